The molecule has 0 spiro atoms. The van der Waals surface area contributed by atoms with Crippen LogP contribution in [-0.2, 0) is 0 Å². The van der Waals surface area contributed by atoms with Crippen molar-refractivity contribution in [2.24, 2.45) is 0 Å². The number of anilines is 2. The molecule has 0 aromatic carbocycles. The first-order valence-corrected chi connectivity index (χ1v) is 6.40. The van der Waals surface area contributed by atoms with Crippen LogP contribution in [0.3, 0.4) is 0 Å². The number of nitrogens with two attached hydrogens (primary N) is 1. The molecule has 3 nitrogen and oxygen atoms in total. The molecule has 2 rings (SSSR count). The number of hydrogen-bond donors (Lipinski definition) is 1. The summed E-state index contributed by atoms with van der Waals surface area (Å²) in [5.74, 6) is 3.28. The Morgan fingerprint density at radius 3 is 3.07 bits per heavy atom. The van der Waals surface area contributed by atoms with E-state index in [4.69, 9.17) is 5.73 Å². The van der Waals surface area contributed by atoms with Gasteiger partial charge in [-0.3, -0.25) is 0 Å². The monoisotopic (exact) mass is 223 g/mol. The van der Waals surface area contributed by atoms with Gasteiger partial charge in [0.2, 0.25) is 0 Å². The van der Waals surface area contributed by atoms with Crippen molar-refractivity contribution in [2.75, 3.05) is 28.7 Å². The Morgan fingerprint density at radius 2 is 2.40 bits per heavy atom. The molecular weight excluding hydrogens is 206 g/mol. The number of nitrogen functional groups attached to an aromatic ring is 1. The molecule has 4 heteroatoms. The highest BCUT2D eigenvalue weighted by Gasteiger charge is 2.21. The van der Waals surface area contributed by atoms with Crippen LogP contribution in [0.25, 0.3) is 0 Å². The number of rotatable bonds is 1. The van der Waals surface area contributed by atoms with Crippen molar-refractivity contribution < 1.29 is 0 Å². The Bertz CT molecular complexity index is 354. The van der Waals surface area contributed by atoms with Crippen LogP contribution in [0.4, 0.5) is 11.5 Å². The highest BCUT2D eigenvalue weighted by Crippen LogP contribution is 2.27. The number of nitrogens with zero attached hydrogens (tertiary/aromatic N) is 2. The maximum Gasteiger partial charge on any atom is 0.152 e. The first-order valence-electron chi connectivity index (χ1n) is 5.25. The Labute approximate surface area is 95.1 Å². The van der Waals surface area contributed by atoms with Crippen molar-refractivity contribution in [1.82, 2.24) is 4.98 Å². The van der Waals surface area contributed by atoms with E-state index in [0.29, 0.717) is 6.04 Å². The van der Waals surface area contributed by atoms with Crippen molar-refractivity contribution in [3.63, 3.8) is 0 Å². The number of aryl methyl sites for hydroxylation is 1. The smallest absolute Gasteiger partial charge is 0.152 e. The van der Waals surface area contributed by atoms with E-state index in [-0.39, 0.29) is 0 Å². The predicted octanol–water partition coefficient (Wildman–Crippen LogP) is 1.91. The van der Waals surface area contributed by atoms with E-state index in [2.05, 4.69) is 16.8 Å². The van der Waals surface area contributed by atoms with Gasteiger partial charge in [0, 0.05) is 30.3 Å². The molecule has 1 atom stereocenters. The minimum absolute atomic E-state index is 0.529. The van der Waals surface area contributed by atoms with Crippen LogP contribution in [0, 0.1) is 6.92 Å². The van der Waals surface area contributed by atoms with Gasteiger partial charge >= 0.3 is 0 Å². The number of pyridine rings is 1. The topological polar surface area (TPSA) is 42.2 Å². The quantitative estimate of drug-likeness (QED) is 0.790. The zero-order chi connectivity index (χ0) is 10.8. The molecule has 2 heterocycles. The third kappa shape index (κ3) is 2.20. The molecule has 0 saturated carbocycles. The Morgan fingerprint density at radius 1 is 1.60 bits per heavy atom. The first-order chi connectivity index (χ1) is 7.18. The van der Waals surface area contributed by atoms with E-state index in [0.717, 1.165) is 29.4 Å². The first kappa shape index (κ1) is 10.6. The molecule has 1 aromatic heterocycles. The SMILES string of the molecule is Cc1cnc(N2CCSCC2C)c(N)c1. The van der Waals surface area contributed by atoms with Crippen molar-refractivity contribution in [2.45, 2.75) is 19.9 Å². The summed E-state index contributed by atoms with van der Waals surface area (Å²) in [5, 5.41) is 0. The lowest BCUT2D eigenvalue weighted by molar-refractivity contribution is 0.691. The summed E-state index contributed by atoms with van der Waals surface area (Å²) in [4.78, 5) is 6.75. The summed E-state index contributed by atoms with van der Waals surface area (Å²) in [5.41, 5.74) is 7.92. The Hall–Kier alpha value is -0.900. The van der Waals surface area contributed by atoms with Crippen molar-refractivity contribution >= 4 is 23.3 Å². The van der Waals surface area contributed by atoms with Crippen LogP contribution < -0.4 is 10.6 Å². The van der Waals surface area contributed by atoms with Crippen LogP contribution in [-0.4, -0.2) is 29.1 Å². The van der Waals surface area contributed by atoms with E-state index in [1.54, 1.807) is 0 Å². The summed E-state index contributed by atoms with van der Waals surface area (Å²) < 4.78 is 0. The maximum atomic E-state index is 6.00. The number of thioether (sulfide) groups is 1. The zero-order valence-corrected chi connectivity index (χ0v) is 10.0. The van der Waals surface area contributed by atoms with Crippen LogP contribution in [0.5, 0.6) is 0 Å². The molecule has 0 amide bonds. The fourth-order valence-electron chi connectivity index (χ4n) is 1.87. The van der Waals surface area contributed by atoms with Crippen LogP contribution in [0.1, 0.15) is 12.5 Å². The standard InChI is InChI=1S/C11H17N3S/c1-8-5-10(12)11(13-6-8)14-3-4-15-7-9(14)2/h5-6,9H,3-4,7,12H2,1-2H3. The summed E-state index contributed by atoms with van der Waals surface area (Å²) >= 11 is 2.00. The van der Waals surface area contributed by atoms with Crippen LogP contribution in [0.2, 0.25) is 0 Å². The molecule has 1 aliphatic rings. The Balaban J connectivity index is 2.27. The second kappa shape index (κ2) is 4.31. The van der Waals surface area contributed by atoms with Gasteiger partial charge in [-0.05, 0) is 25.5 Å². The van der Waals surface area contributed by atoms with Crippen LogP contribution in [0.15, 0.2) is 12.3 Å². The summed E-state index contributed by atoms with van der Waals surface area (Å²) in [6.07, 6.45) is 1.89. The Kier molecular flexibility index (Phi) is 3.05. The average molecular weight is 223 g/mol. The minimum Gasteiger partial charge on any atom is -0.396 e. The summed E-state index contributed by atoms with van der Waals surface area (Å²) in [6.45, 7) is 5.29. The van der Waals surface area contributed by atoms with Gasteiger partial charge in [0.05, 0.1) is 5.69 Å². The predicted molar refractivity (Wildman–Crippen MR) is 67.5 cm³/mol. The molecule has 1 saturated heterocycles. The molecule has 1 aliphatic heterocycles. The van der Waals surface area contributed by atoms with Gasteiger partial charge in [-0.1, -0.05) is 0 Å². The fourth-order valence-corrected chi connectivity index (χ4v) is 2.88. The molecule has 1 fully saturated rings. The van der Waals surface area contributed by atoms with Crippen molar-refractivity contribution in [3.05, 3.63) is 17.8 Å². The van der Waals surface area contributed by atoms with Crippen molar-refractivity contribution in [1.29, 1.82) is 0 Å². The number of hydrogen-bond acceptors (Lipinski definition) is 4. The number of aromatic nitrogens is 1. The third-order valence-corrected chi connectivity index (χ3v) is 3.86. The lowest BCUT2D eigenvalue weighted by atomic mass is 10.2. The normalized spacial score (nSPS) is 21.7. The largest absolute Gasteiger partial charge is 0.396 e. The van der Waals surface area contributed by atoms with Gasteiger partial charge in [0.25, 0.3) is 0 Å². The molecule has 0 bridgehead atoms. The van der Waals surface area contributed by atoms with E-state index in [1.807, 2.05) is 30.9 Å². The van der Waals surface area contributed by atoms with E-state index < -0.39 is 0 Å². The molecule has 0 aliphatic carbocycles. The highest BCUT2D eigenvalue weighted by atomic mass is 32.2. The fraction of sp³-hybridized carbons (Fsp3) is 0.545. The van der Waals surface area contributed by atoms with Gasteiger partial charge < -0.3 is 10.6 Å². The van der Waals surface area contributed by atoms with E-state index >= 15 is 0 Å². The zero-order valence-electron chi connectivity index (χ0n) is 9.23. The molecule has 1 aromatic rings. The van der Waals surface area contributed by atoms with Gasteiger partial charge in [-0.25, -0.2) is 4.98 Å². The molecular formula is C11H17N3S. The molecule has 15 heavy (non-hydrogen) atoms. The highest BCUT2D eigenvalue weighted by molar-refractivity contribution is 7.99. The molecule has 82 valence electrons. The molecule has 1 unspecified atom stereocenters. The third-order valence-electron chi connectivity index (χ3n) is 2.67. The minimum atomic E-state index is 0.529. The van der Waals surface area contributed by atoms with Gasteiger partial charge in [0.1, 0.15) is 0 Å². The van der Waals surface area contributed by atoms with E-state index in [1.165, 1.54) is 5.75 Å². The summed E-state index contributed by atoms with van der Waals surface area (Å²) in [7, 11) is 0. The van der Waals surface area contributed by atoms with Gasteiger partial charge in [0.15, 0.2) is 5.82 Å². The molecule has 0 radical (unpaired) electrons. The van der Waals surface area contributed by atoms with Crippen molar-refractivity contribution in [3.8, 4) is 0 Å². The lowest BCUT2D eigenvalue weighted by Gasteiger charge is -2.34. The maximum absolute atomic E-state index is 6.00. The molecule has 2 N–H and O–H groups in total. The second-order valence-corrected chi connectivity index (χ2v) is 5.19. The average Bonchev–Trinajstić information content (AvgIpc) is 2.20. The van der Waals surface area contributed by atoms with Gasteiger partial charge in [-0.2, -0.15) is 11.8 Å². The van der Waals surface area contributed by atoms with Gasteiger partial charge in [-0.15, -0.1) is 0 Å². The summed E-state index contributed by atoms with van der Waals surface area (Å²) in [6, 6.07) is 2.53. The van der Waals surface area contributed by atoms with E-state index in [9.17, 15) is 0 Å². The lowest BCUT2D eigenvalue weighted by Crippen LogP contribution is -2.41. The van der Waals surface area contributed by atoms with Crippen LogP contribution >= 0.6 is 11.8 Å². The second-order valence-electron chi connectivity index (χ2n) is 4.04.